The summed E-state index contributed by atoms with van der Waals surface area (Å²) in [5, 5.41) is 11.5. The molecule has 0 unspecified atom stereocenters. The van der Waals surface area contributed by atoms with Gasteiger partial charge in [-0.05, 0) is 30.3 Å². The molecule has 21 heavy (non-hydrogen) atoms. The summed E-state index contributed by atoms with van der Waals surface area (Å²) in [5.41, 5.74) is 4.50. The zero-order valence-corrected chi connectivity index (χ0v) is 11.1. The standard InChI is InChI=1S/C13H8ClF3N4/c14-11-4-3-10(19)12(21-11)20-8-2-1-7(6-18)9(5-8)13(15,16)17/h1-5H,19H2,(H,20,21). The smallest absolute Gasteiger partial charge is 0.396 e. The Balaban J connectivity index is 2.42. The van der Waals surface area contributed by atoms with Crippen LogP contribution in [0, 0.1) is 11.3 Å². The number of alkyl halides is 3. The molecule has 0 bridgehead atoms. The van der Waals surface area contributed by atoms with Crippen LogP contribution in [-0.4, -0.2) is 4.98 Å². The molecule has 3 N–H and O–H groups in total. The Morgan fingerprint density at radius 3 is 2.57 bits per heavy atom. The summed E-state index contributed by atoms with van der Waals surface area (Å²) in [7, 11) is 0. The van der Waals surface area contributed by atoms with E-state index < -0.39 is 17.3 Å². The lowest BCUT2D eigenvalue weighted by Crippen LogP contribution is -2.09. The van der Waals surface area contributed by atoms with Crippen molar-refractivity contribution in [2.45, 2.75) is 6.18 Å². The van der Waals surface area contributed by atoms with E-state index in [1.54, 1.807) is 0 Å². The van der Waals surface area contributed by atoms with E-state index >= 15 is 0 Å². The topological polar surface area (TPSA) is 74.7 Å². The average molecular weight is 313 g/mol. The first-order valence-electron chi connectivity index (χ1n) is 5.61. The van der Waals surface area contributed by atoms with Crippen molar-refractivity contribution in [1.29, 1.82) is 5.26 Å². The lowest BCUT2D eigenvalue weighted by molar-refractivity contribution is -0.137. The predicted molar refractivity (Wildman–Crippen MR) is 73.1 cm³/mol. The molecular formula is C13H8ClF3N4. The number of aromatic nitrogens is 1. The Kier molecular flexibility index (Phi) is 3.91. The van der Waals surface area contributed by atoms with E-state index in [1.165, 1.54) is 24.3 Å². The quantitative estimate of drug-likeness (QED) is 0.823. The molecular weight excluding hydrogens is 305 g/mol. The van der Waals surface area contributed by atoms with E-state index in [-0.39, 0.29) is 22.3 Å². The van der Waals surface area contributed by atoms with Crippen molar-refractivity contribution < 1.29 is 13.2 Å². The Morgan fingerprint density at radius 2 is 1.95 bits per heavy atom. The summed E-state index contributed by atoms with van der Waals surface area (Å²) in [6.07, 6.45) is -4.63. The zero-order valence-electron chi connectivity index (χ0n) is 10.4. The number of nitrogens with two attached hydrogens (primary N) is 1. The van der Waals surface area contributed by atoms with Gasteiger partial charge in [0.1, 0.15) is 5.15 Å². The molecule has 1 heterocycles. The van der Waals surface area contributed by atoms with E-state index in [9.17, 15) is 13.2 Å². The Morgan fingerprint density at radius 1 is 1.24 bits per heavy atom. The molecule has 0 amide bonds. The van der Waals surface area contributed by atoms with Crippen LogP contribution in [0.15, 0.2) is 30.3 Å². The number of hydrogen-bond acceptors (Lipinski definition) is 4. The molecule has 0 atom stereocenters. The van der Waals surface area contributed by atoms with Crippen molar-refractivity contribution >= 4 is 28.8 Å². The highest BCUT2D eigenvalue weighted by molar-refractivity contribution is 6.29. The van der Waals surface area contributed by atoms with Gasteiger partial charge in [0.25, 0.3) is 0 Å². The largest absolute Gasteiger partial charge is 0.417 e. The van der Waals surface area contributed by atoms with Crippen molar-refractivity contribution in [2.24, 2.45) is 0 Å². The molecule has 108 valence electrons. The van der Waals surface area contributed by atoms with E-state index in [1.807, 2.05) is 0 Å². The highest BCUT2D eigenvalue weighted by Crippen LogP contribution is 2.34. The molecule has 2 aromatic rings. The molecule has 0 fully saturated rings. The van der Waals surface area contributed by atoms with E-state index in [0.717, 1.165) is 12.1 Å². The maximum atomic E-state index is 12.9. The summed E-state index contributed by atoms with van der Waals surface area (Å²) in [6, 6.07) is 7.67. The van der Waals surface area contributed by atoms with E-state index in [0.29, 0.717) is 0 Å². The van der Waals surface area contributed by atoms with Crippen LogP contribution in [0.1, 0.15) is 11.1 Å². The number of nitrogen functional groups attached to an aromatic ring is 1. The van der Waals surface area contributed by atoms with E-state index in [2.05, 4.69) is 10.3 Å². The molecule has 4 nitrogen and oxygen atoms in total. The summed E-state index contributed by atoms with van der Waals surface area (Å²) in [4.78, 5) is 3.89. The van der Waals surface area contributed by atoms with Crippen molar-refractivity contribution in [1.82, 2.24) is 4.98 Å². The fourth-order valence-electron chi connectivity index (χ4n) is 1.64. The fourth-order valence-corrected chi connectivity index (χ4v) is 1.78. The van der Waals surface area contributed by atoms with Crippen molar-refractivity contribution in [3.63, 3.8) is 0 Å². The van der Waals surface area contributed by atoms with Crippen LogP contribution in [-0.2, 0) is 6.18 Å². The lowest BCUT2D eigenvalue weighted by atomic mass is 10.1. The minimum atomic E-state index is -4.63. The minimum absolute atomic E-state index is 0.0998. The van der Waals surface area contributed by atoms with Crippen molar-refractivity contribution in [2.75, 3.05) is 11.1 Å². The van der Waals surface area contributed by atoms with Gasteiger partial charge in [-0.25, -0.2) is 4.98 Å². The van der Waals surface area contributed by atoms with Crippen molar-refractivity contribution in [3.05, 3.63) is 46.6 Å². The number of benzene rings is 1. The minimum Gasteiger partial charge on any atom is -0.396 e. The third-order valence-electron chi connectivity index (χ3n) is 2.60. The molecule has 0 aliphatic heterocycles. The van der Waals surface area contributed by atoms with Gasteiger partial charge in [0.05, 0.1) is 22.9 Å². The first-order chi connectivity index (χ1) is 9.81. The Hall–Kier alpha value is -2.46. The summed E-state index contributed by atoms with van der Waals surface area (Å²) >= 11 is 5.70. The Bertz CT molecular complexity index is 722. The average Bonchev–Trinajstić information content (AvgIpc) is 2.42. The second-order valence-electron chi connectivity index (χ2n) is 4.07. The van der Waals surface area contributed by atoms with Gasteiger partial charge in [-0.3, -0.25) is 0 Å². The van der Waals surface area contributed by atoms with Gasteiger partial charge in [0, 0.05) is 5.69 Å². The molecule has 0 saturated carbocycles. The van der Waals surface area contributed by atoms with Crippen LogP contribution >= 0.6 is 11.6 Å². The van der Waals surface area contributed by atoms with Crippen LogP contribution in [0.4, 0.5) is 30.4 Å². The number of nitriles is 1. The number of anilines is 3. The predicted octanol–water partition coefficient (Wildman–Crippen LogP) is 3.95. The van der Waals surface area contributed by atoms with Crippen LogP contribution < -0.4 is 11.1 Å². The van der Waals surface area contributed by atoms with E-state index in [4.69, 9.17) is 22.6 Å². The van der Waals surface area contributed by atoms with Gasteiger partial charge in [-0.15, -0.1) is 0 Å². The number of hydrogen-bond donors (Lipinski definition) is 2. The molecule has 1 aromatic heterocycles. The number of pyridine rings is 1. The Labute approximate surface area is 123 Å². The zero-order chi connectivity index (χ0) is 15.6. The monoisotopic (exact) mass is 312 g/mol. The van der Waals surface area contributed by atoms with Gasteiger partial charge >= 0.3 is 6.18 Å². The number of rotatable bonds is 2. The normalized spacial score (nSPS) is 11.0. The summed E-state index contributed by atoms with van der Waals surface area (Å²) < 4.78 is 38.6. The summed E-state index contributed by atoms with van der Waals surface area (Å²) in [6.45, 7) is 0. The van der Waals surface area contributed by atoms with Crippen LogP contribution in [0.25, 0.3) is 0 Å². The molecule has 0 spiro atoms. The summed E-state index contributed by atoms with van der Waals surface area (Å²) in [5.74, 6) is 0.139. The van der Waals surface area contributed by atoms with Crippen LogP contribution in [0.3, 0.4) is 0 Å². The highest BCUT2D eigenvalue weighted by atomic mass is 35.5. The third-order valence-corrected chi connectivity index (χ3v) is 2.81. The maximum absolute atomic E-state index is 12.9. The molecule has 0 aliphatic rings. The first kappa shape index (κ1) is 14.9. The number of nitrogens with zero attached hydrogens (tertiary/aromatic N) is 2. The van der Waals surface area contributed by atoms with Gasteiger partial charge < -0.3 is 11.1 Å². The molecule has 8 heteroatoms. The van der Waals surface area contributed by atoms with Gasteiger partial charge in [0.15, 0.2) is 5.82 Å². The molecule has 2 rings (SSSR count). The second kappa shape index (κ2) is 5.50. The second-order valence-corrected chi connectivity index (χ2v) is 4.45. The molecule has 1 aromatic carbocycles. The molecule has 0 saturated heterocycles. The fraction of sp³-hybridized carbons (Fsp3) is 0.0769. The number of nitrogens with one attached hydrogen (secondary N) is 1. The molecule has 0 aliphatic carbocycles. The van der Waals surface area contributed by atoms with Gasteiger partial charge in [-0.2, -0.15) is 18.4 Å². The van der Waals surface area contributed by atoms with Gasteiger partial charge in [-0.1, -0.05) is 11.6 Å². The van der Waals surface area contributed by atoms with Crippen molar-refractivity contribution in [3.8, 4) is 6.07 Å². The van der Waals surface area contributed by atoms with Crippen LogP contribution in [0.2, 0.25) is 5.15 Å². The maximum Gasteiger partial charge on any atom is 0.417 e. The van der Waals surface area contributed by atoms with Gasteiger partial charge in [0.2, 0.25) is 0 Å². The van der Waals surface area contributed by atoms with Crippen LogP contribution in [0.5, 0.6) is 0 Å². The number of halogens is 4. The third kappa shape index (κ3) is 3.35. The SMILES string of the molecule is N#Cc1ccc(Nc2nc(Cl)ccc2N)cc1C(F)(F)F. The molecule has 0 radical (unpaired) electrons. The lowest BCUT2D eigenvalue weighted by Gasteiger charge is -2.13. The highest BCUT2D eigenvalue weighted by Gasteiger charge is 2.33. The first-order valence-corrected chi connectivity index (χ1v) is 5.99.